The lowest BCUT2D eigenvalue weighted by atomic mass is 9.92. The van der Waals surface area contributed by atoms with E-state index in [0.717, 1.165) is 39.3 Å². The van der Waals surface area contributed by atoms with Crippen molar-refractivity contribution in [1.29, 1.82) is 0 Å². The van der Waals surface area contributed by atoms with E-state index in [9.17, 15) is 75.6 Å². The zero-order chi connectivity index (χ0) is 102. The maximum Gasteiger partial charge on any atom is 0.573 e. The molecule has 3 N–H and O–H groups in total. The van der Waals surface area contributed by atoms with Gasteiger partial charge in [-0.25, -0.2) is 0 Å². The smallest absolute Gasteiger partial charge is 0.507 e. The Labute approximate surface area is 810 Å². The summed E-state index contributed by atoms with van der Waals surface area (Å²) in [6, 6.07) is 62.6. The van der Waals surface area contributed by atoms with Crippen LogP contribution in [0.1, 0.15) is 212 Å². The molecule has 0 spiro atoms. The summed E-state index contributed by atoms with van der Waals surface area (Å²) in [5.74, 6) is -4.48. The fraction of sp³-hybridized carbons (Fsp3) is 0.259. The third-order valence-corrected chi connectivity index (χ3v) is 23.0. The van der Waals surface area contributed by atoms with Gasteiger partial charge in [-0.3, -0.25) is 58.0 Å². The first-order valence-electron chi connectivity index (χ1n) is 45.0. The number of halogens is 5. The second-order valence-corrected chi connectivity index (χ2v) is 35.8. The number of carbonyl (C=O) groups is 8. The van der Waals surface area contributed by atoms with Gasteiger partial charge in [0.05, 0.1) is 82.4 Å². The van der Waals surface area contributed by atoms with E-state index in [1.807, 2.05) is 91.8 Å². The summed E-state index contributed by atoms with van der Waals surface area (Å²) >= 11 is 0. The summed E-state index contributed by atoms with van der Waals surface area (Å²) in [6.45, 7) is 28.0. The highest BCUT2D eigenvalue weighted by atomic mass is 19.4. The number of nitrogens with zero attached hydrogens (tertiary/aromatic N) is 12. The van der Waals surface area contributed by atoms with E-state index in [2.05, 4.69) is 78.0 Å². The standard InChI is InChI=1S/C29H31N3O4.C28H29N3O4.C26H23F2N3O4.C25H20F3N3O4/c1-17(2)19-8-10-21(11-9-19)26(33)24-25(20-12-14-22(15-13-20)36-29(4,5)6)32(28(35)27(24)34)23-16-7-18(3)30-31-23;1-16(2)19-7-9-21(10-8-19)26(32)24-25(20-11-13-22(14-12-20)35-17(3)4)31(28(34)27(24)33)23-15-6-18(5)29-30-23;1-14(2)16-5-7-18(8-6-16)23(32)21-22(17-9-11-19(12-10-17)35-26(27)28)31(25(34)24(21)33)20-13-4-15(3)29-30-20;1-14-4-7-17(8-5-14)22(32)20-21(16-9-11-18(12-10-16)35-25(26,27)28)31(24(33)23(20)34-3)19-13-6-15(2)29-30-19/h7-17,25,33H,1-6H3;6-17,25,32H,1-5H3;4-14,22,26,32H,1-3H3;4-13,21H,1-3H3. The van der Waals surface area contributed by atoms with Gasteiger partial charge in [0.25, 0.3) is 23.3 Å². The van der Waals surface area contributed by atoms with Crippen LogP contribution < -0.4 is 38.5 Å². The topological polar surface area (TPSA) is 359 Å². The largest absolute Gasteiger partial charge is 0.573 e. The molecule has 4 aliphatic heterocycles. The molecule has 0 saturated carbocycles. The van der Waals surface area contributed by atoms with Crippen molar-refractivity contribution in [3.8, 4) is 23.0 Å². The van der Waals surface area contributed by atoms with Gasteiger partial charge in [0.1, 0.15) is 45.9 Å². The minimum Gasteiger partial charge on any atom is -0.507 e. The Kier molecular flexibility index (Phi) is 31.2. The maximum absolute atomic E-state index is 13.6. The van der Waals surface area contributed by atoms with Crippen LogP contribution in [-0.4, -0.2) is 135 Å². The summed E-state index contributed by atoms with van der Waals surface area (Å²) in [4.78, 5) is 111. The summed E-state index contributed by atoms with van der Waals surface area (Å²) < 4.78 is 88.5. The number of anilines is 4. The molecule has 3 saturated heterocycles. The van der Waals surface area contributed by atoms with Crippen molar-refractivity contribution < 1.29 is 99.3 Å². The number of Topliss-reactive ketones (excluding diaryl/α,β-unsaturated/α-hetero) is 4. The second-order valence-electron chi connectivity index (χ2n) is 35.8. The Hall–Kier alpha value is -16.4. The molecular weight excluding hydrogens is 1820 g/mol. The lowest BCUT2D eigenvalue weighted by molar-refractivity contribution is -0.274. The number of aromatic nitrogens is 8. The summed E-state index contributed by atoms with van der Waals surface area (Å²) in [5, 5.41) is 66.3. The molecule has 28 nitrogen and oxygen atoms in total. The fourth-order valence-corrected chi connectivity index (χ4v) is 16.0. The summed E-state index contributed by atoms with van der Waals surface area (Å²) in [7, 11) is 1.28. The highest BCUT2D eigenvalue weighted by molar-refractivity contribution is 6.53. The molecule has 3 fully saturated rings. The second kappa shape index (κ2) is 43.1. The molecule has 8 aromatic carbocycles. The van der Waals surface area contributed by atoms with Gasteiger partial charge in [0, 0.05) is 22.3 Å². The van der Waals surface area contributed by atoms with Crippen molar-refractivity contribution in [2.24, 2.45) is 0 Å². The average Bonchev–Trinajstić information content (AvgIpc) is 1.61. The quantitative estimate of drug-likeness (QED) is 0.0176. The molecule has 12 aromatic rings. The van der Waals surface area contributed by atoms with Crippen LogP contribution in [0.3, 0.4) is 0 Å². The molecule has 4 aliphatic rings. The number of ketones is 4. The number of aliphatic hydroxyl groups is 3. The number of benzene rings is 8. The highest BCUT2D eigenvalue weighted by Gasteiger charge is 2.52. The molecule has 0 aliphatic carbocycles. The molecule has 4 amide bonds. The van der Waals surface area contributed by atoms with Crippen LogP contribution in [0.5, 0.6) is 23.0 Å². The van der Waals surface area contributed by atoms with Crippen molar-refractivity contribution in [1.82, 2.24) is 40.8 Å². The van der Waals surface area contributed by atoms with Crippen LogP contribution >= 0.6 is 0 Å². The first kappa shape index (κ1) is 102. The van der Waals surface area contributed by atoms with Crippen molar-refractivity contribution >= 4 is 87.3 Å². The number of aliphatic hydroxyl groups excluding tert-OH is 3. The molecule has 33 heteroatoms. The third-order valence-electron chi connectivity index (χ3n) is 23.0. The normalized spacial score (nSPS) is 17.1. The predicted molar refractivity (Wildman–Crippen MR) is 518 cm³/mol. The minimum absolute atomic E-state index is 0.00290. The summed E-state index contributed by atoms with van der Waals surface area (Å²) in [5.41, 5.74) is 9.97. The molecule has 4 aromatic heterocycles. The maximum atomic E-state index is 13.6. The van der Waals surface area contributed by atoms with Gasteiger partial charge in [-0.05, 0) is 223 Å². The Morgan fingerprint density at radius 1 is 0.340 bits per heavy atom. The lowest BCUT2D eigenvalue weighted by Gasteiger charge is -2.25. The minimum atomic E-state index is -4.86. The number of carbonyl (C=O) groups excluding carboxylic acids is 8. The third kappa shape index (κ3) is 23.4. The van der Waals surface area contributed by atoms with Crippen molar-refractivity contribution in [3.63, 3.8) is 0 Å². The van der Waals surface area contributed by atoms with Gasteiger partial charge in [0.2, 0.25) is 0 Å². The van der Waals surface area contributed by atoms with Gasteiger partial charge in [-0.2, -0.15) is 29.2 Å². The molecule has 0 radical (unpaired) electrons. The predicted octanol–water partition coefficient (Wildman–Crippen LogP) is 21.0. The first-order chi connectivity index (χ1) is 66.9. The van der Waals surface area contributed by atoms with E-state index in [1.165, 1.54) is 58.2 Å². The molecule has 0 bridgehead atoms. The number of hydrogen-bond donors (Lipinski definition) is 3. The van der Waals surface area contributed by atoms with Crippen LogP contribution in [0, 0.1) is 34.6 Å². The number of amides is 4. The van der Waals surface area contributed by atoms with E-state index in [4.69, 9.17) is 14.2 Å². The van der Waals surface area contributed by atoms with Crippen LogP contribution in [0.25, 0.3) is 17.3 Å². The number of aryl methyl sites for hydroxylation is 5. The molecule has 726 valence electrons. The van der Waals surface area contributed by atoms with Gasteiger partial charge in [0.15, 0.2) is 34.8 Å². The molecule has 8 heterocycles. The van der Waals surface area contributed by atoms with Crippen LogP contribution in [0.2, 0.25) is 0 Å². The number of methoxy groups -OCH3 is 1. The number of ether oxygens (including phenoxy) is 5. The molecule has 4 unspecified atom stereocenters. The van der Waals surface area contributed by atoms with Gasteiger partial charge in [-0.1, -0.05) is 193 Å². The average molecular weight is 1920 g/mol. The van der Waals surface area contributed by atoms with E-state index < -0.39 is 89.7 Å². The molecule has 141 heavy (non-hydrogen) atoms. The molecule has 16 rings (SSSR count). The van der Waals surface area contributed by atoms with E-state index in [1.54, 1.807) is 185 Å². The molecule has 4 atom stereocenters. The highest BCUT2D eigenvalue weighted by Crippen LogP contribution is 2.48. The molecular formula is C108H103F5N12O16. The Morgan fingerprint density at radius 2 is 0.617 bits per heavy atom. The Morgan fingerprint density at radius 3 is 0.879 bits per heavy atom. The first-order valence-corrected chi connectivity index (χ1v) is 45.0. The number of rotatable bonds is 23. The van der Waals surface area contributed by atoms with Crippen molar-refractivity contribution in [2.45, 2.75) is 177 Å². The van der Waals surface area contributed by atoms with Crippen LogP contribution in [-0.2, 0) is 38.3 Å². The van der Waals surface area contributed by atoms with Crippen LogP contribution in [0.4, 0.5) is 45.2 Å². The fourth-order valence-electron chi connectivity index (χ4n) is 16.0. The zero-order valence-corrected chi connectivity index (χ0v) is 80.2. The number of alkyl halides is 5. The van der Waals surface area contributed by atoms with Crippen molar-refractivity contribution in [2.75, 3.05) is 26.7 Å². The lowest BCUT2D eigenvalue weighted by Crippen LogP contribution is -2.32. The van der Waals surface area contributed by atoms with E-state index >= 15 is 0 Å². The van der Waals surface area contributed by atoms with Gasteiger partial charge < -0.3 is 39.0 Å². The Balaban J connectivity index is 0.000000158. The van der Waals surface area contributed by atoms with Gasteiger partial charge >= 0.3 is 30.7 Å². The van der Waals surface area contributed by atoms with Crippen molar-refractivity contribution in [3.05, 3.63) is 360 Å². The van der Waals surface area contributed by atoms with Crippen LogP contribution in [0.15, 0.2) is 271 Å². The van der Waals surface area contributed by atoms with E-state index in [0.29, 0.717) is 90.6 Å². The SMILES string of the molecule is COC1=C(C(=O)c2ccc(C)cc2)C(c2ccc(OC(F)(F)F)cc2)N(c2ccc(C)nn2)C1=O.Cc1ccc(N2C(=O)C(=O)C(=C(O)c3ccc(C(C)C)cc3)C2c2ccc(OC(C)(C)C)cc2)nn1.Cc1ccc(N2C(=O)C(=O)C(=C(O)c3ccc(C(C)C)cc3)C2c2ccc(OC(C)C)cc2)nn1.Cc1ccc(N2C(=O)C(=O)C(=C(O)c3ccc(C(C)C)cc3)C2c2ccc(OC(F)F)cc2)nn1. The van der Waals surface area contributed by atoms with Gasteiger partial charge in [-0.15, -0.1) is 33.6 Å². The summed E-state index contributed by atoms with van der Waals surface area (Å²) in [6.07, 6.45) is -4.85. The monoisotopic (exact) mass is 1920 g/mol. The Bertz CT molecular complexity index is 6560. The van der Waals surface area contributed by atoms with E-state index in [-0.39, 0.29) is 92.0 Å². The zero-order valence-electron chi connectivity index (χ0n) is 80.2. The number of hydrogen-bond acceptors (Lipinski definition) is 24.